The van der Waals surface area contributed by atoms with Gasteiger partial charge in [-0.05, 0) is 61.8 Å². The molecule has 276 valence electrons. The Morgan fingerprint density at radius 3 is 1.86 bits per heavy atom. The summed E-state index contributed by atoms with van der Waals surface area (Å²) >= 11 is 0. The summed E-state index contributed by atoms with van der Waals surface area (Å²) in [6.45, 7) is 28.9. The molecule has 0 atom stereocenters. The van der Waals surface area contributed by atoms with Crippen molar-refractivity contribution in [2.45, 2.75) is 172 Å². The fourth-order valence-electron chi connectivity index (χ4n) is 6.22. The zero-order valence-electron chi connectivity index (χ0n) is 35.5. The van der Waals surface area contributed by atoms with Crippen LogP contribution in [0.2, 0.25) is 0 Å². The molecule has 0 aromatic heterocycles. The number of unbranched alkanes of at least 4 members (excludes halogenated alkanes) is 7. The molecular weight excluding hydrogens is 640 g/mol. The van der Waals surface area contributed by atoms with Gasteiger partial charge in [-0.1, -0.05) is 204 Å². The van der Waals surface area contributed by atoms with E-state index in [1.165, 1.54) is 120 Å². The average Bonchev–Trinajstić information content (AvgIpc) is 3.35. The number of aryl methyl sites for hydroxylation is 3. The minimum Gasteiger partial charge on any atom is -0.515 e. The Labute approximate surface area is 360 Å². The van der Waals surface area contributed by atoms with Crippen LogP contribution in [0.4, 0.5) is 0 Å². The topological polar surface area (TPSA) is 0 Å². The van der Waals surface area contributed by atoms with E-state index in [1.54, 1.807) is 5.57 Å². The predicted molar refractivity (Wildman–Crippen MR) is 228 cm³/mol. The molecule has 0 heterocycles. The van der Waals surface area contributed by atoms with Crippen LogP contribution in [-0.4, -0.2) is 0 Å². The molecule has 1 aliphatic carbocycles. The van der Waals surface area contributed by atoms with E-state index in [4.69, 9.17) is 6.58 Å². The number of fused-ring (bicyclic) bond motifs is 1. The van der Waals surface area contributed by atoms with Gasteiger partial charge in [0.05, 0.1) is 0 Å². The molecule has 4 rings (SSSR count). The molecule has 0 saturated carbocycles. The minimum absolute atomic E-state index is 0. The largest absolute Gasteiger partial charge is 1.00 e. The molecule has 0 spiro atoms. The number of hydrogen-bond donors (Lipinski definition) is 0. The first-order valence-corrected chi connectivity index (χ1v) is 20.4. The number of hydrogen-bond acceptors (Lipinski definition) is 0. The molecule has 0 amide bonds. The number of rotatable bonds is 14. The molecule has 0 N–H and O–H groups in total. The molecule has 3 aromatic rings. The van der Waals surface area contributed by atoms with Crippen LogP contribution in [0, 0.1) is 26.5 Å². The summed E-state index contributed by atoms with van der Waals surface area (Å²) in [6.07, 6.45) is 25.7. The Morgan fingerprint density at radius 1 is 0.745 bits per heavy atom. The van der Waals surface area contributed by atoms with E-state index in [0.29, 0.717) is 0 Å². The quantitative estimate of drug-likeness (QED) is 0.0675. The molecule has 0 fully saturated rings. The fraction of sp³-hybridized carbons (Fsp3) is 0.520. The Bertz CT molecular complexity index is 1420. The molecule has 51 heavy (non-hydrogen) atoms. The van der Waals surface area contributed by atoms with Crippen molar-refractivity contribution < 1.29 is 51.4 Å². The van der Waals surface area contributed by atoms with Crippen molar-refractivity contribution in [3.05, 3.63) is 117 Å². The van der Waals surface area contributed by atoms with Crippen LogP contribution in [0.5, 0.6) is 0 Å². The van der Waals surface area contributed by atoms with Crippen molar-refractivity contribution in [1.82, 2.24) is 0 Å². The van der Waals surface area contributed by atoms with Crippen LogP contribution >= 0.6 is 0 Å². The monoisotopic (exact) mass is 714 g/mol. The molecule has 0 nitrogen and oxygen atoms in total. The molecule has 3 aromatic carbocycles. The second kappa shape index (κ2) is 29.9. The van der Waals surface area contributed by atoms with Gasteiger partial charge in [-0.2, -0.15) is 0 Å². The van der Waals surface area contributed by atoms with Crippen molar-refractivity contribution in [2.75, 3.05) is 0 Å². The zero-order valence-corrected chi connectivity index (χ0v) is 38.6. The summed E-state index contributed by atoms with van der Waals surface area (Å²) in [5.74, 6) is 0. The van der Waals surface area contributed by atoms with E-state index < -0.39 is 0 Å². The molecule has 0 bridgehead atoms. The van der Waals surface area contributed by atoms with Gasteiger partial charge in [-0.3, -0.25) is 5.57 Å². The van der Waals surface area contributed by atoms with Crippen LogP contribution in [-0.2, 0) is 12.8 Å². The van der Waals surface area contributed by atoms with Gasteiger partial charge in [0.15, 0.2) is 0 Å². The number of allylic oxidation sites excluding steroid dienone is 3. The van der Waals surface area contributed by atoms with E-state index >= 15 is 0 Å². The summed E-state index contributed by atoms with van der Waals surface area (Å²) in [5, 5.41) is 0. The van der Waals surface area contributed by atoms with Gasteiger partial charge in [0, 0.05) is 0 Å². The standard InChI is InChI=1S/C33H37.C10H22.C5H9.C2H6.K/c1-6-10-31-24(4)11-8-13-28(31)19-25(5)30-21-29-14-9-12-26(7-2)20-32(29)33(22-30)27-17-15-23(3)16-18-27;1-3-5-7-9-10-8-6-4-2;1-4-5(2)3;1-2;/h8,11,13,15-18,20-22H,6-7,9-10,12,14H2,1-5H3;3-10H2,1-2H3;2H,4H2,1,3H3;1-2H3;/q-1;;-1;;+1. The zero-order chi connectivity index (χ0) is 37.3. The first-order chi connectivity index (χ1) is 24.2. The van der Waals surface area contributed by atoms with Crippen molar-refractivity contribution >= 4 is 11.6 Å². The van der Waals surface area contributed by atoms with Crippen molar-refractivity contribution in [2.24, 2.45) is 0 Å². The maximum absolute atomic E-state index is 5.21. The third kappa shape index (κ3) is 18.9. The smallest absolute Gasteiger partial charge is 0.515 e. The average molecular weight is 714 g/mol. The summed E-state index contributed by atoms with van der Waals surface area (Å²) in [7, 11) is 0. The van der Waals surface area contributed by atoms with Crippen molar-refractivity contribution in [1.29, 1.82) is 0 Å². The fourth-order valence-corrected chi connectivity index (χ4v) is 6.22. The molecule has 0 radical (unpaired) electrons. The molecule has 1 aliphatic rings. The Balaban J connectivity index is 0.00000116. The maximum Gasteiger partial charge on any atom is 1.00 e. The second-order valence-corrected chi connectivity index (χ2v) is 13.9. The Kier molecular flexibility index (Phi) is 29.0. The van der Waals surface area contributed by atoms with Gasteiger partial charge in [-0.25, -0.2) is 0 Å². The van der Waals surface area contributed by atoms with Crippen LogP contribution in [0.3, 0.4) is 0 Å². The minimum atomic E-state index is 0. The van der Waals surface area contributed by atoms with Gasteiger partial charge < -0.3 is 6.58 Å². The summed E-state index contributed by atoms with van der Waals surface area (Å²) in [5.41, 5.74) is 16.0. The van der Waals surface area contributed by atoms with E-state index in [-0.39, 0.29) is 51.4 Å². The van der Waals surface area contributed by atoms with Gasteiger partial charge in [-0.15, -0.1) is 34.9 Å². The third-order valence-corrected chi connectivity index (χ3v) is 9.56. The molecule has 0 saturated heterocycles. The third-order valence-electron chi connectivity index (χ3n) is 9.56. The van der Waals surface area contributed by atoms with Crippen LogP contribution in [0.25, 0.3) is 22.8 Å². The van der Waals surface area contributed by atoms with Crippen LogP contribution in [0.15, 0.2) is 65.7 Å². The summed E-state index contributed by atoms with van der Waals surface area (Å²) in [4.78, 5) is 0. The maximum atomic E-state index is 5.21. The van der Waals surface area contributed by atoms with E-state index in [0.717, 1.165) is 37.7 Å². The van der Waals surface area contributed by atoms with Gasteiger partial charge >= 0.3 is 51.4 Å². The molecule has 0 aliphatic heterocycles. The summed E-state index contributed by atoms with van der Waals surface area (Å²) in [6, 6.07) is 20.5. The van der Waals surface area contributed by atoms with Gasteiger partial charge in [0.25, 0.3) is 0 Å². The van der Waals surface area contributed by atoms with E-state index in [9.17, 15) is 0 Å². The van der Waals surface area contributed by atoms with E-state index in [2.05, 4.69) is 115 Å². The van der Waals surface area contributed by atoms with Crippen molar-refractivity contribution in [3.63, 3.8) is 0 Å². The number of benzene rings is 3. The normalized spacial score (nSPS) is 11.9. The van der Waals surface area contributed by atoms with E-state index in [1.807, 2.05) is 27.7 Å². The van der Waals surface area contributed by atoms with Crippen molar-refractivity contribution in [3.8, 4) is 11.1 Å². The van der Waals surface area contributed by atoms with Gasteiger partial charge in [0.1, 0.15) is 0 Å². The Morgan fingerprint density at radius 2 is 1.33 bits per heavy atom. The summed E-state index contributed by atoms with van der Waals surface area (Å²) < 4.78 is 0. The first kappa shape index (κ1) is 49.5. The molecule has 1 heteroatoms. The molecular formula is C50H74K-. The second-order valence-electron chi connectivity index (χ2n) is 13.9. The SMILES string of the molecule is CC.CCCCCCCCCC.CCCc1c(C)cccc1[C-]=C(C)c1cc2c(c(-c3ccc(C)cc3)c1)C=C(CC)CCC2.[CH-]=C(C)CC.[K+]. The van der Waals surface area contributed by atoms with Crippen LogP contribution < -0.4 is 51.4 Å². The molecule has 0 unspecified atom stereocenters. The van der Waals surface area contributed by atoms with Gasteiger partial charge in [0.2, 0.25) is 0 Å². The first-order valence-electron chi connectivity index (χ1n) is 20.4. The Hall–Kier alpha value is -1.48. The van der Waals surface area contributed by atoms with Crippen LogP contribution in [0.1, 0.15) is 185 Å². The predicted octanol–water partition coefficient (Wildman–Crippen LogP) is 13.3.